The van der Waals surface area contributed by atoms with E-state index in [0.717, 1.165) is 17.5 Å². The minimum atomic E-state index is -1.39. The van der Waals surface area contributed by atoms with Gasteiger partial charge in [-0.3, -0.25) is 0 Å². The number of rotatable bonds is 7. The summed E-state index contributed by atoms with van der Waals surface area (Å²) < 4.78 is 11.7. The van der Waals surface area contributed by atoms with E-state index in [-0.39, 0.29) is 6.54 Å². The zero-order valence-corrected chi connectivity index (χ0v) is 21.4. The Morgan fingerprint density at radius 2 is 2.03 bits per heavy atom. The van der Waals surface area contributed by atoms with Crippen molar-refractivity contribution in [1.82, 2.24) is 4.90 Å². The van der Waals surface area contributed by atoms with Gasteiger partial charge in [0.25, 0.3) is 0 Å². The minimum Gasteiger partial charge on any atom is -0.444 e. The van der Waals surface area contributed by atoms with E-state index in [0.29, 0.717) is 36.6 Å². The molecule has 1 amide bonds. The number of morpholine rings is 1. The Morgan fingerprint density at radius 1 is 1.29 bits per heavy atom. The molecule has 0 saturated carbocycles. The Morgan fingerprint density at radius 3 is 2.71 bits per heavy atom. The van der Waals surface area contributed by atoms with Crippen LogP contribution in [-0.2, 0) is 21.5 Å². The van der Waals surface area contributed by atoms with Crippen LogP contribution in [0.15, 0.2) is 55.1 Å². The average molecular weight is 486 g/mol. The maximum Gasteiger partial charge on any atom is 0.410 e. The molecule has 6 heteroatoms. The quantitative estimate of drug-likeness (QED) is 0.463. The molecule has 2 aromatic carbocycles. The molecular formula is C28H36ClNO4. The highest BCUT2D eigenvalue weighted by molar-refractivity contribution is 6.33. The highest BCUT2D eigenvalue weighted by Gasteiger charge is 2.44. The van der Waals surface area contributed by atoms with Crippen LogP contribution >= 0.6 is 11.6 Å². The van der Waals surface area contributed by atoms with Crippen LogP contribution in [0.4, 0.5) is 4.79 Å². The molecular weight excluding hydrogens is 450 g/mol. The minimum absolute atomic E-state index is 0.212. The van der Waals surface area contributed by atoms with Crippen molar-refractivity contribution >= 4 is 17.7 Å². The van der Waals surface area contributed by atoms with Gasteiger partial charge in [-0.25, -0.2) is 4.79 Å². The van der Waals surface area contributed by atoms with E-state index in [4.69, 9.17) is 21.1 Å². The molecule has 0 aliphatic carbocycles. The van der Waals surface area contributed by atoms with Gasteiger partial charge < -0.3 is 19.5 Å². The Hall–Kier alpha value is -2.34. The van der Waals surface area contributed by atoms with Gasteiger partial charge in [0.1, 0.15) is 17.3 Å². The van der Waals surface area contributed by atoms with Crippen molar-refractivity contribution in [2.45, 2.75) is 64.3 Å². The molecule has 1 N–H and O–H groups in total. The molecule has 1 saturated heterocycles. The van der Waals surface area contributed by atoms with Crippen LogP contribution < -0.4 is 0 Å². The fourth-order valence-electron chi connectivity index (χ4n) is 4.35. The number of amides is 1. The van der Waals surface area contributed by atoms with Crippen molar-refractivity contribution in [3.05, 3.63) is 71.3 Å². The van der Waals surface area contributed by atoms with Gasteiger partial charge in [-0.05, 0) is 62.8 Å². The zero-order chi connectivity index (χ0) is 24.9. The number of aryl methyl sites for hydroxylation is 1. The number of allylic oxidation sites excluding steroid dienone is 1. The van der Waals surface area contributed by atoms with Gasteiger partial charge in [-0.1, -0.05) is 61.0 Å². The van der Waals surface area contributed by atoms with Gasteiger partial charge in [0.15, 0.2) is 0 Å². The van der Waals surface area contributed by atoms with Crippen LogP contribution in [0, 0.1) is 0 Å². The van der Waals surface area contributed by atoms with E-state index in [1.807, 2.05) is 51.1 Å². The first-order valence-corrected chi connectivity index (χ1v) is 12.3. The predicted octanol–water partition coefficient (Wildman–Crippen LogP) is 6.36. The highest BCUT2D eigenvalue weighted by atomic mass is 35.5. The van der Waals surface area contributed by atoms with Crippen molar-refractivity contribution in [3.8, 4) is 11.1 Å². The molecule has 184 valence electrons. The number of benzene rings is 2. The van der Waals surface area contributed by atoms with Gasteiger partial charge in [0.05, 0.1) is 13.2 Å². The van der Waals surface area contributed by atoms with E-state index in [2.05, 4.69) is 25.6 Å². The molecule has 0 spiro atoms. The summed E-state index contributed by atoms with van der Waals surface area (Å²) in [5.41, 5.74) is 1.60. The van der Waals surface area contributed by atoms with Crippen molar-refractivity contribution in [2.24, 2.45) is 0 Å². The first-order valence-electron chi connectivity index (χ1n) is 11.9. The molecule has 1 aliphatic heterocycles. The van der Waals surface area contributed by atoms with E-state index >= 15 is 0 Å². The number of carbonyl (C=O) groups is 1. The maximum atomic E-state index is 12.8. The van der Waals surface area contributed by atoms with E-state index in [1.54, 1.807) is 11.0 Å². The van der Waals surface area contributed by atoms with Crippen LogP contribution in [-0.4, -0.2) is 47.5 Å². The number of nitrogens with zero attached hydrogens (tertiary/aromatic N) is 1. The van der Waals surface area contributed by atoms with Crippen LogP contribution in [0.25, 0.3) is 11.1 Å². The van der Waals surface area contributed by atoms with Gasteiger partial charge in [0, 0.05) is 17.1 Å². The van der Waals surface area contributed by atoms with E-state index in [1.165, 1.54) is 5.56 Å². The molecule has 0 aromatic heterocycles. The molecule has 2 atom stereocenters. The number of hydrogen-bond acceptors (Lipinski definition) is 4. The molecule has 0 radical (unpaired) electrons. The highest BCUT2D eigenvalue weighted by Crippen LogP contribution is 2.43. The fraction of sp³-hybridized carbons (Fsp3) is 0.464. The second kappa shape index (κ2) is 10.9. The molecule has 5 nitrogen and oxygen atoms in total. The SMILES string of the molecule is C=CCCC(O)(c1cccc(Cl)c1-c1cccc(CC)c1)[C@H]1CN(C(=O)OC(C)(C)C)CCO1. The Balaban J connectivity index is 2.05. The van der Waals surface area contributed by atoms with Gasteiger partial charge in [0.2, 0.25) is 0 Å². The summed E-state index contributed by atoms with van der Waals surface area (Å²) in [5, 5.41) is 12.8. The summed E-state index contributed by atoms with van der Waals surface area (Å²) in [6.45, 7) is 12.4. The fourth-order valence-corrected chi connectivity index (χ4v) is 4.63. The lowest BCUT2D eigenvalue weighted by Crippen LogP contribution is -2.55. The third-order valence-electron chi connectivity index (χ3n) is 6.08. The molecule has 1 aliphatic rings. The topological polar surface area (TPSA) is 59.0 Å². The van der Waals surface area contributed by atoms with Crippen LogP contribution in [0.2, 0.25) is 5.02 Å². The van der Waals surface area contributed by atoms with Crippen molar-refractivity contribution in [2.75, 3.05) is 19.7 Å². The molecule has 1 fully saturated rings. The molecule has 2 aromatic rings. The first kappa shape index (κ1) is 26.3. The summed E-state index contributed by atoms with van der Waals surface area (Å²) in [6, 6.07) is 13.8. The van der Waals surface area contributed by atoms with Crippen LogP contribution in [0.3, 0.4) is 0 Å². The summed E-state index contributed by atoms with van der Waals surface area (Å²) in [4.78, 5) is 14.4. The molecule has 34 heavy (non-hydrogen) atoms. The number of hydrogen-bond donors (Lipinski definition) is 1. The lowest BCUT2D eigenvalue weighted by Gasteiger charge is -2.43. The standard InChI is InChI=1S/C28H36ClNO4/c1-6-8-15-28(32,24-19-30(16-17-33-24)26(31)34-27(3,4)5)22-13-10-14-23(29)25(22)21-12-9-11-20(7-2)18-21/h6,9-14,18,24,32H,1,7-8,15-17,19H2,2-5H3/t24-,28?/m1/s1. The molecule has 1 heterocycles. The van der Waals surface area contributed by atoms with Crippen molar-refractivity contribution in [3.63, 3.8) is 0 Å². The predicted molar refractivity (Wildman–Crippen MR) is 137 cm³/mol. The number of ether oxygens (including phenoxy) is 2. The Labute approximate surface area is 208 Å². The van der Waals surface area contributed by atoms with Gasteiger partial charge in [-0.15, -0.1) is 6.58 Å². The third kappa shape index (κ3) is 6.01. The Bertz CT molecular complexity index is 1020. The lowest BCUT2D eigenvalue weighted by molar-refractivity contribution is -0.149. The van der Waals surface area contributed by atoms with Crippen LogP contribution in [0.5, 0.6) is 0 Å². The summed E-state index contributed by atoms with van der Waals surface area (Å²) in [7, 11) is 0. The van der Waals surface area contributed by atoms with Crippen molar-refractivity contribution in [1.29, 1.82) is 0 Å². The number of carbonyl (C=O) groups excluding carboxylic acids is 1. The van der Waals surface area contributed by atoms with Gasteiger partial charge >= 0.3 is 6.09 Å². The monoisotopic (exact) mass is 485 g/mol. The molecule has 0 bridgehead atoms. The van der Waals surface area contributed by atoms with Gasteiger partial charge in [-0.2, -0.15) is 0 Å². The zero-order valence-electron chi connectivity index (χ0n) is 20.6. The largest absolute Gasteiger partial charge is 0.444 e. The van der Waals surface area contributed by atoms with Crippen molar-refractivity contribution < 1.29 is 19.4 Å². The number of aliphatic hydroxyl groups is 1. The second-order valence-electron chi connectivity index (χ2n) is 9.75. The average Bonchev–Trinajstić information content (AvgIpc) is 2.81. The molecule has 1 unspecified atom stereocenters. The van der Waals surface area contributed by atoms with Crippen LogP contribution in [0.1, 0.15) is 51.7 Å². The smallest absolute Gasteiger partial charge is 0.410 e. The summed E-state index contributed by atoms with van der Waals surface area (Å²) >= 11 is 6.73. The number of halogens is 1. The maximum absolute atomic E-state index is 12.8. The first-order chi connectivity index (χ1) is 16.1. The third-order valence-corrected chi connectivity index (χ3v) is 6.40. The summed E-state index contributed by atoms with van der Waals surface area (Å²) in [6.07, 6.45) is 2.56. The lowest BCUT2D eigenvalue weighted by atomic mass is 9.79. The Kier molecular flexibility index (Phi) is 8.45. The second-order valence-corrected chi connectivity index (χ2v) is 10.2. The summed E-state index contributed by atoms with van der Waals surface area (Å²) in [5.74, 6) is 0. The normalized spacial score (nSPS) is 18.3. The van der Waals surface area contributed by atoms with E-state index < -0.39 is 23.4 Å². The van der Waals surface area contributed by atoms with E-state index in [9.17, 15) is 9.90 Å². The molecule has 3 rings (SSSR count).